The third-order valence-corrected chi connectivity index (χ3v) is 3.09. The molecule has 18 heavy (non-hydrogen) atoms. The van der Waals surface area contributed by atoms with Crippen LogP contribution in [0, 0.1) is 6.92 Å². The normalized spacial score (nSPS) is 11.9. The molecule has 96 valence electrons. The number of aromatic nitrogens is 1. The van der Waals surface area contributed by atoms with Crippen molar-refractivity contribution in [3.63, 3.8) is 0 Å². The molecule has 0 aliphatic carbocycles. The first kappa shape index (κ1) is 13.0. The average molecular weight is 276 g/mol. The van der Waals surface area contributed by atoms with Gasteiger partial charge in [0.15, 0.2) is 0 Å². The molecule has 0 radical (unpaired) electrons. The van der Waals surface area contributed by atoms with Gasteiger partial charge in [-0.2, -0.15) is 13.2 Å². The van der Waals surface area contributed by atoms with E-state index in [1.165, 1.54) is 13.3 Å². The summed E-state index contributed by atoms with van der Waals surface area (Å²) >= 11 is 6.01. The summed E-state index contributed by atoms with van der Waals surface area (Å²) < 4.78 is 43.2. The van der Waals surface area contributed by atoms with Crippen molar-refractivity contribution in [2.24, 2.45) is 0 Å². The molecule has 6 heteroatoms. The fourth-order valence-electron chi connectivity index (χ4n) is 1.66. The van der Waals surface area contributed by atoms with Gasteiger partial charge in [0.1, 0.15) is 11.3 Å². The number of pyridine rings is 1. The maximum atomic E-state index is 12.7. The number of hydrogen-bond donors (Lipinski definition) is 0. The number of alkyl halides is 3. The van der Waals surface area contributed by atoms with Crippen molar-refractivity contribution in [3.8, 4) is 5.75 Å². The standard InChI is InChI=1S/C12H9ClF3NO/c1-6-5-17-11-8(10(6)13)3-7(12(14,15)16)4-9(11)18-2/h3-5H,1-2H3. The number of methoxy groups -OCH3 is 1. The van der Waals surface area contributed by atoms with Crippen LogP contribution in [0.3, 0.4) is 0 Å². The molecule has 0 spiro atoms. The highest BCUT2D eigenvalue weighted by Gasteiger charge is 2.32. The minimum Gasteiger partial charge on any atom is -0.494 e. The van der Waals surface area contributed by atoms with Crippen LogP contribution >= 0.6 is 11.6 Å². The number of hydrogen-bond acceptors (Lipinski definition) is 2. The minimum atomic E-state index is -4.45. The molecule has 0 atom stereocenters. The topological polar surface area (TPSA) is 22.1 Å². The fraction of sp³-hybridized carbons (Fsp3) is 0.250. The van der Waals surface area contributed by atoms with E-state index in [0.717, 1.165) is 12.1 Å². The van der Waals surface area contributed by atoms with Gasteiger partial charge in [-0.15, -0.1) is 0 Å². The summed E-state index contributed by atoms with van der Waals surface area (Å²) in [6.07, 6.45) is -2.95. The second-order valence-electron chi connectivity index (χ2n) is 3.83. The van der Waals surface area contributed by atoms with Gasteiger partial charge in [-0.3, -0.25) is 4.98 Å². The summed E-state index contributed by atoms with van der Waals surface area (Å²) in [6.45, 7) is 1.68. The maximum Gasteiger partial charge on any atom is 0.416 e. The molecule has 1 aromatic heterocycles. The van der Waals surface area contributed by atoms with Crippen LogP contribution in [-0.2, 0) is 6.18 Å². The largest absolute Gasteiger partial charge is 0.494 e. The van der Waals surface area contributed by atoms with Crippen molar-refractivity contribution in [2.45, 2.75) is 13.1 Å². The van der Waals surface area contributed by atoms with E-state index in [0.29, 0.717) is 11.1 Å². The molecular weight excluding hydrogens is 267 g/mol. The zero-order valence-electron chi connectivity index (χ0n) is 9.60. The second kappa shape index (κ2) is 4.31. The predicted octanol–water partition coefficient (Wildman–Crippen LogP) is 4.22. The van der Waals surface area contributed by atoms with Crippen LogP contribution in [0.5, 0.6) is 5.75 Å². The van der Waals surface area contributed by atoms with E-state index in [1.54, 1.807) is 6.92 Å². The highest BCUT2D eigenvalue weighted by Crippen LogP contribution is 2.38. The van der Waals surface area contributed by atoms with Crippen LogP contribution in [0.25, 0.3) is 10.9 Å². The van der Waals surface area contributed by atoms with Crippen molar-refractivity contribution in [1.82, 2.24) is 4.98 Å². The minimum absolute atomic E-state index is 0.0572. The van der Waals surface area contributed by atoms with Crippen molar-refractivity contribution in [3.05, 3.63) is 34.5 Å². The van der Waals surface area contributed by atoms with Crippen molar-refractivity contribution in [1.29, 1.82) is 0 Å². The van der Waals surface area contributed by atoms with Crippen LogP contribution in [0.2, 0.25) is 5.02 Å². The first-order valence-corrected chi connectivity index (χ1v) is 5.42. The monoisotopic (exact) mass is 275 g/mol. The Kier molecular flexibility index (Phi) is 3.11. The third kappa shape index (κ3) is 2.10. The van der Waals surface area contributed by atoms with Gasteiger partial charge in [-0.25, -0.2) is 0 Å². The van der Waals surface area contributed by atoms with E-state index >= 15 is 0 Å². The van der Waals surface area contributed by atoms with Gasteiger partial charge in [0.05, 0.1) is 17.7 Å². The number of rotatable bonds is 1. The van der Waals surface area contributed by atoms with E-state index in [2.05, 4.69) is 4.98 Å². The zero-order valence-corrected chi connectivity index (χ0v) is 10.4. The van der Waals surface area contributed by atoms with Gasteiger partial charge in [-0.1, -0.05) is 11.6 Å². The van der Waals surface area contributed by atoms with Crippen molar-refractivity contribution < 1.29 is 17.9 Å². The lowest BCUT2D eigenvalue weighted by molar-refractivity contribution is -0.137. The van der Waals surface area contributed by atoms with Crippen molar-refractivity contribution >= 4 is 22.5 Å². The van der Waals surface area contributed by atoms with Gasteiger partial charge in [-0.05, 0) is 24.6 Å². The summed E-state index contributed by atoms with van der Waals surface area (Å²) in [5.41, 5.74) is 0.132. The van der Waals surface area contributed by atoms with Gasteiger partial charge in [0, 0.05) is 11.6 Å². The Balaban J connectivity index is 2.85. The number of nitrogens with zero attached hydrogens (tertiary/aromatic N) is 1. The number of fused-ring (bicyclic) bond motifs is 1. The summed E-state index contributed by atoms with van der Waals surface area (Å²) in [5, 5.41) is 0.493. The van der Waals surface area contributed by atoms with Gasteiger partial charge in [0.25, 0.3) is 0 Å². The quantitative estimate of drug-likeness (QED) is 0.777. The van der Waals surface area contributed by atoms with Gasteiger partial charge in [0.2, 0.25) is 0 Å². The molecule has 1 aromatic carbocycles. The van der Waals surface area contributed by atoms with E-state index in [-0.39, 0.29) is 16.2 Å². The molecule has 0 fully saturated rings. The first-order chi connectivity index (χ1) is 8.34. The average Bonchev–Trinajstić information content (AvgIpc) is 2.31. The molecule has 0 amide bonds. The number of halogens is 4. The number of benzene rings is 1. The van der Waals surface area contributed by atoms with Crippen LogP contribution in [-0.4, -0.2) is 12.1 Å². The summed E-state index contributed by atoms with van der Waals surface area (Å²) in [5.74, 6) is 0.0572. The second-order valence-corrected chi connectivity index (χ2v) is 4.21. The fourth-order valence-corrected chi connectivity index (χ4v) is 1.85. The molecule has 0 bridgehead atoms. The summed E-state index contributed by atoms with van der Waals surface area (Å²) in [4.78, 5) is 4.06. The molecule has 2 rings (SSSR count). The van der Waals surface area contributed by atoms with Crippen LogP contribution in [0.15, 0.2) is 18.3 Å². The summed E-state index contributed by atoms with van der Waals surface area (Å²) in [6, 6.07) is 1.90. The first-order valence-electron chi connectivity index (χ1n) is 5.04. The molecule has 0 unspecified atom stereocenters. The zero-order chi connectivity index (χ0) is 13.5. The van der Waals surface area contributed by atoms with E-state index in [4.69, 9.17) is 16.3 Å². The Morgan fingerprint density at radius 1 is 1.28 bits per heavy atom. The summed E-state index contributed by atoms with van der Waals surface area (Å²) in [7, 11) is 1.30. The Morgan fingerprint density at radius 3 is 2.50 bits per heavy atom. The Labute approximate surface area is 106 Å². The molecule has 0 aliphatic heterocycles. The number of aryl methyl sites for hydroxylation is 1. The molecular formula is C12H9ClF3NO. The lowest BCUT2D eigenvalue weighted by atomic mass is 10.1. The molecule has 2 aromatic rings. The number of ether oxygens (including phenoxy) is 1. The molecule has 0 aliphatic rings. The van der Waals surface area contributed by atoms with Crippen molar-refractivity contribution in [2.75, 3.05) is 7.11 Å². The van der Waals surface area contributed by atoms with Crippen LogP contribution in [0.4, 0.5) is 13.2 Å². The maximum absolute atomic E-state index is 12.7. The lowest BCUT2D eigenvalue weighted by Gasteiger charge is -2.12. The van der Waals surface area contributed by atoms with E-state index < -0.39 is 11.7 Å². The molecule has 0 saturated heterocycles. The Morgan fingerprint density at radius 2 is 1.94 bits per heavy atom. The lowest BCUT2D eigenvalue weighted by Crippen LogP contribution is -2.05. The Bertz CT molecular complexity index is 610. The van der Waals surface area contributed by atoms with Crippen LogP contribution < -0.4 is 4.74 Å². The molecule has 0 N–H and O–H groups in total. The van der Waals surface area contributed by atoms with Gasteiger partial charge < -0.3 is 4.74 Å². The third-order valence-electron chi connectivity index (χ3n) is 2.59. The Hall–Kier alpha value is -1.49. The smallest absolute Gasteiger partial charge is 0.416 e. The molecule has 2 nitrogen and oxygen atoms in total. The molecule has 0 saturated carbocycles. The van der Waals surface area contributed by atoms with Crippen LogP contribution in [0.1, 0.15) is 11.1 Å². The predicted molar refractivity (Wildman–Crippen MR) is 63.0 cm³/mol. The highest BCUT2D eigenvalue weighted by molar-refractivity contribution is 6.36. The highest BCUT2D eigenvalue weighted by atomic mass is 35.5. The SMILES string of the molecule is COc1cc(C(F)(F)F)cc2c(Cl)c(C)cnc12. The van der Waals surface area contributed by atoms with Gasteiger partial charge >= 0.3 is 6.18 Å². The van der Waals surface area contributed by atoms with E-state index in [1.807, 2.05) is 0 Å². The van der Waals surface area contributed by atoms with E-state index in [9.17, 15) is 13.2 Å². The molecule has 1 heterocycles.